The van der Waals surface area contributed by atoms with Crippen LogP contribution in [0.15, 0.2) is 11.7 Å². The molecule has 2 amide bonds. The fraction of sp³-hybridized carbons (Fsp3) is 0.357. The maximum absolute atomic E-state index is 12.3. The Bertz CT molecular complexity index is 991. The van der Waals surface area contributed by atoms with E-state index in [1.54, 1.807) is 17.1 Å². The number of hydrogen-bond donors (Lipinski definition) is 2. The highest BCUT2D eigenvalue weighted by Gasteiger charge is 2.35. The first-order valence-electron chi connectivity index (χ1n) is 7.80. The summed E-state index contributed by atoms with van der Waals surface area (Å²) in [6, 6.07) is 0. The highest BCUT2D eigenvalue weighted by molar-refractivity contribution is 7.13. The number of carbonyl (C=O) groups excluding carboxylic acids is 2. The third-order valence-electron chi connectivity index (χ3n) is 4.06. The molecule has 0 radical (unpaired) electrons. The molecule has 1 fully saturated rings. The van der Waals surface area contributed by atoms with Crippen molar-refractivity contribution in [2.75, 3.05) is 23.3 Å². The summed E-state index contributed by atoms with van der Waals surface area (Å²) in [5, 5.41) is 13.0. The largest absolute Gasteiger partial charge is 0.369 e. The first-order valence-corrected chi connectivity index (χ1v) is 8.68. The Balaban J connectivity index is 1.39. The molecule has 0 saturated carbocycles. The number of hydrogen-bond acceptors (Lipinski definition) is 9. The summed E-state index contributed by atoms with van der Waals surface area (Å²) in [6.45, 7) is 1.04. The van der Waals surface area contributed by atoms with Crippen LogP contribution in [0, 0.1) is 5.92 Å². The smallest absolute Gasteiger partial charge is 0.232 e. The normalized spacial score (nSPS) is 14.4. The van der Waals surface area contributed by atoms with Gasteiger partial charge in [-0.1, -0.05) is 5.21 Å². The quantitative estimate of drug-likeness (QED) is 0.598. The molecule has 0 aliphatic carbocycles. The van der Waals surface area contributed by atoms with Crippen molar-refractivity contribution in [3.63, 3.8) is 0 Å². The second kappa shape index (κ2) is 6.29. The van der Waals surface area contributed by atoms with Crippen LogP contribution in [-0.4, -0.2) is 54.8 Å². The fourth-order valence-corrected chi connectivity index (χ4v) is 3.43. The number of primary amides is 1. The van der Waals surface area contributed by atoms with E-state index in [4.69, 9.17) is 5.73 Å². The number of nitrogens with zero attached hydrogens (tertiary/aromatic N) is 7. The van der Waals surface area contributed by atoms with Crippen molar-refractivity contribution in [3.8, 4) is 0 Å². The molecule has 3 aromatic rings. The van der Waals surface area contributed by atoms with Gasteiger partial charge in [0.05, 0.1) is 18.0 Å². The number of fused-ring (bicyclic) bond motifs is 1. The molecule has 26 heavy (non-hydrogen) atoms. The second-order valence-electron chi connectivity index (χ2n) is 5.96. The summed E-state index contributed by atoms with van der Waals surface area (Å²) in [5.41, 5.74) is 6.95. The van der Waals surface area contributed by atoms with Gasteiger partial charge in [0.25, 0.3) is 0 Å². The molecule has 3 N–H and O–H groups in total. The van der Waals surface area contributed by atoms with Gasteiger partial charge in [-0.2, -0.15) is 0 Å². The predicted octanol–water partition coefficient (Wildman–Crippen LogP) is -0.682. The molecule has 3 aromatic heterocycles. The SMILES string of the molecule is Cn1nnc2c(N3CC(C(=O)Nc4nc(CC(N)=O)cs4)C3)ncnc21. The molecular weight excluding hydrogens is 358 g/mol. The fourth-order valence-electron chi connectivity index (χ4n) is 2.72. The van der Waals surface area contributed by atoms with Crippen molar-refractivity contribution in [2.45, 2.75) is 6.42 Å². The average molecular weight is 373 g/mol. The van der Waals surface area contributed by atoms with Crippen LogP contribution in [0.1, 0.15) is 5.69 Å². The third kappa shape index (κ3) is 2.94. The number of anilines is 2. The van der Waals surface area contributed by atoms with Gasteiger partial charge in [-0.05, 0) is 0 Å². The van der Waals surface area contributed by atoms with Crippen LogP contribution in [0.2, 0.25) is 0 Å². The summed E-state index contributed by atoms with van der Waals surface area (Å²) in [5.74, 6) is -0.0843. The highest BCUT2D eigenvalue weighted by atomic mass is 32.1. The zero-order chi connectivity index (χ0) is 18.3. The minimum absolute atomic E-state index is 0.0609. The van der Waals surface area contributed by atoms with E-state index in [1.807, 2.05) is 4.90 Å². The summed E-state index contributed by atoms with van der Waals surface area (Å²) in [6.07, 6.45) is 1.52. The highest BCUT2D eigenvalue weighted by Crippen LogP contribution is 2.28. The van der Waals surface area contributed by atoms with E-state index in [1.165, 1.54) is 17.7 Å². The summed E-state index contributed by atoms with van der Waals surface area (Å²) >= 11 is 1.27. The Morgan fingerprint density at radius 2 is 2.19 bits per heavy atom. The molecule has 1 aliphatic rings. The number of nitrogens with two attached hydrogens (primary N) is 1. The Kier molecular flexibility index (Phi) is 3.95. The number of amides is 2. The van der Waals surface area contributed by atoms with E-state index in [-0.39, 0.29) is 18.2 Å². The summed E-state index contributed by atoms with van der Waals surface area (Å²) < 4.78 is 1.58. The lowest BCUT2D eigenvalue weighted by Gasteiger charge is -2.38. The van der Waals surface area contributed by atoms with Crippen molar-refractivity contribution in [1.82, 2.24) is 29.9 Å². The van der Waals surface area contributed by atoms with Crippen molar-refractivity contribution in [3.05, 3.63) is 17.4 Å². The van der Waals surface area contributed by atoms with Gasteiger partial charge in [-0.15, -0.1) is 16.4 Å². The maximum Gasteiger partial charge on any atom is 0.232 e. The van der Waals surface area contributed by atoms with E-state index < -0.39 is 5.91 Å². The van der Waals surface area contributed by atoms with Gasteiger partial charge < -0.3 is 16.0 Å². The molecule has 0 spiro atoms. The van der Waals surface area contributed by atoms with Crippen LogP contribution >= 0.6 is 11.3 Å². The molecular formula is C14H15N9O2S. The first kappa shape index (κ1) is 16.3. The molecule has 0 bridgehead atoms. The van der Waals surface area contributed by atoms with E-state index in [0.717, 1.165) is 0 Å². The molecule has 0 aromatic carbocycles. The lowest BCUT2D eigenvalue weighted by molar-refractivity contribution is -0.120. The van der Waals surface area contributed by atoms with Crippen LogP contribution in [0.25, 0.3) is 11.2 Å². The van der Waals surface area contributed by atoms with Crippen molar-refractivity contribution >= 4 is 45.3 Å². The number of nitrogens with one attached hydrogen (secondary N) is 1. The molecule has 4 rings (SSSR count). The number of carbonyl (C=O) groups is 2. The maximum atomic E-state index is 12.3. The van der Waals surface area contributed by atoms with Gasteiger partial charge in [0.15, 0.2) is 22.1 Å². The first-order chi connectivity index (χ1) is 12.5. The average Bonchev–Trinajstić information content (AvgIpc) is 3.13. The van der Waals surface area contributed by atoms with Gasteiger partial charge in [0, 0.05) is 25.5 Å². The minimum atomic E-state index is -0.456. The van der Waals surface area contributed by atoms with Gasteiger partial charge >= 0.3 is 0 Å². The Hall–Kier alpha value is -3.15. The summed E-state index contributed by atoms with van der Waals surface area (Å²) in [4.78, 5) is 37.8. The zero-order valence-corrected chi connectivity index (χ0v) is 14.6. The lowest BCUT2D eigenvalue weighted by Crippen LogP contribution is -2.52. The van der Waals surface area contributed by atoms with Crippen molar-refractivity contribution in [2.24, 2.45) is 18.7 Å². The molecule has 11 nitrogen and oxygen atoms in total. The van der Waals surface area contributed by atoms with Gasteiger partial charge in [0.2, 0.25) is 11.8 Å². The van der Waals surface area contributed by atoms with E-state index in [0.29, 0.717) is 40.9 Å². The van der Waals surface area contributed by atoms with E-state index in [2.05, 4.69) is 30.6 Å². The van der Waals surface area contributed by atoms with Crippen LogP contribution < -0.4 is 16.0 Å². The zero-order valence-electron chi connectivity index (χ0n) is 13.8. The van der Waals surface area contributed by atoms with Crippen molar-refractivity contribution < 1.29 is 9.59 Å². The number of aromatic nitrogens is 6. The Morgan fingerprint density at radius 1 is 1.38 bits per heavy atom. The molecule has 1 aliphatic heterocycles. The van der Waals surface area contributed by atoms with Gasteiger partial charge in [-0.3, -0.25) is 9.59 Å². The monoisotopic (exact) mass is 373 g/mol. The topological polar surface area (TPSA) is 145 Å². The molecule has 0 atom stereocenters. The Labute approximate surface area is 151 Å². The van der Waals surface area contributed by atoms with Crippen molar-refractivity contribution in [1.29, 1.82) is 0 Å². The molecule has 134 valence electrons. The molecule has 0 unspecified atom stereocenters. The number of thiazole rings is 1. The van der Waals surface area contributed by atoms with Crippen LogP contribution in [0.5, 0.6) is 0 Å². The van der Waals surface area contributed by atoms with E-state index in [9.17, 15) is 9.59 Å². The lowest BCUT2D eigenvalue weighted by atomic mass is 9.99. The summed E-state index contributed by atoms with van der Waals surface area (Å²) in [7, 11) is 1.76. The number of rotatable bonds is 5. The van der Waals surface area contributed by atoms with Gasteiger partial charge in [-0.25, -0.2) is 19.6 Å². The minimum Gasteiger partial charge on any atom is -0.369 e. The molecule has 1 saturated heterocycles. The number of aryl methyl sites for hydroxylation is 1. The third-order valence-corrected chi connectivity index (χ3v) is 4.86. The van der Waals surface area contributed by atoms with Crippen LogP contribution in [-0.2, 0) is 23.1 Å². The van der Waals surface area contributed by atoms with E-state index >= 15 is 0 Å². The van der Waals surface area contributed by atoms with Crippen LogP contribution in [0.4, 0.5) is 10.9 Å². The predicted molar refractivity (Wildman–Crippen MR) is 93.4 cm³/mol. The second-order valence-corrected chi connectivity index (χ2v) is 6.82. The molecule has 4 heterocycles. The van der Waals surface area contributed by atoms with Gasteiger partial charge in [0.1, 0.15) is 6.33 Å². The molecule has 12 heteroatoms. The Morgan fingerprint density at radius 3 is 2.96 bits per heavy atom. The standard InChI is InChI=1S/C14H15N9O2S/c1-22-11-10(20-21-22)12(17-6-16-11)23-3-7(4-23)13(25)19-14-18-8(5-26-14)2-9(15)24/h5-7H,2-4H2,1H3,(H2,15,24)(H,18,19,25). The van der Waals surface area contributed by atoms with Crippen LogP contribution in [0.3, 0.4) is 0 Å².